The van der Waals surface area contributed by atoms with Gasteiger partial charge in [-0.1, -0.05) is 35.9 Å². The van der Waals surface area contributed by atoms with Crippen LogP contribution in [0.1, 0.15) is 10.5 Å². The number of hydrogen-bond acceptors (Lipinski definition) is 4. The summed E-state index contributed by atoms with van der Waals surface area (Å²) < 4.78 is 5.24. The third-order valence-electron chi connectivity index (χ3n) is 3.50. The molecule has 0 spiro atoms. The summed E-state index contributed by atoms with van der Waals surface area (Å²) in [4.78, 5) is 16.6. The maximum Gasteiger partial charge on any atom is 0.274 e. The van der Waals surface area contributed by atoms with Gasteiger partial charge in [-0.15, -0.1) is 0 Å². The molecular formula is C19H16ClN3O2. The molecule has 5 nitrogen and oxygen atoms in total. The molecule has 0 saturated heterocycles. The zero-order valence-electron chi connectivity index (χ0n) is 13.5. The summed E-state index contributed by atoms with van der Waals surface area (Å²) >= 11 is 6.15. The van der Waals surface area contributed by atoms with Crippen LogP contribution in [0.4, 0.5) is 17.1 Å². The highest BCUT2D eigenvalue weighted by Crippen LogP contribution is 2.26. The van der Waals surface area contributed by atoms with Gasteiger partial charge in [0, 0.05) is 11.9 Å². The minimum atomic E-state index is -0.327. The molecule has 126 valence electrons. The number of amides is 1. The topological polar surface area (TPSA) is 63.2 Å². The average molecular weight is 354 g/mol. The summed E-state index contributed by atoms with van der Waals surface area (Å²) in [5.74, 6) is 0.258. The molecule has 0 atom stereocenters. The summed E-state index contributed by atoms with van der Waals surface area (Å²) in [6.07, 6.45) is 1.57. The number of anilines is 3. The number of para-hydroxylation sites is 3. The maximum absolute atomic E-state index is 12.5. The molecule has 0 aliphatic rings. The van der Waals surface area contributed by atoms with Gasteiger partial charge in [0.05, 0.1) is 23.5 Å². The van der Waals surface area contributed by atoms with E-state index in [4.69, 9.17) is 16.3 Å². The van der Waals surface area contributed by atoms with E-state index in [0.29, 0.717) is 22.1 Å². The number of nitrogens with one attached hydrogen (secondary N) is 2. The van der Waals surface area contributed by atoms with Crippen molar-refractivity contribution in [2.24, 2.45) is 0 Å². The maximum atomic E-state index is 12.5. The van der Waals surface area contributed by atoms with Gasteiger partial charge < -0.3 is 15.4 Å². The van der Waals surface area contributed by atoms with Crippen LogP contribution in [-0.4, -0.2) is 18.0 Å². The van der Waals surface area contributed by atoms with Gasteiger partial charge in [0.1, 0.15) is 11.4 Å². The van der Waals surface area contributed by atoms with Crippen molar-refractivity contribution in [2.75, 3.05) is 17.7 Å². The first-order valence-electron chi connectivity index (χ1n) is 7.59. The lowest BCUT2D eigenvalue weighted by molar-refractivity contribution is 0.102. The smallest absolute Gasteiger partial charge is 0.274 e. The number of methoxy groups -OCH3 is 1. The Morgan fingerprint density at radius 1 is 1.04 bits per heavy atom. The lowest BCUT2D eigenvalue weighted by Gasteiger charge is -2.11. The molecule has 0 radical (unpaired) electrons. The highest BCUT2D eigenvalue weighted by Gasteiger charge is 2.11. The second-order valence-corrected chi connectivity index (χ2v) is 5.60. The van der Waals surface area contributed by atoms with Crippen molar-refractivity contribution < 1.29 is 9.53 Å². The SMILES string of the molecule is COc1ccccc1NC(=O)c1cc(Nc2ccccc2Cl)ccn1. The third-order valence-corrected chi connectivity index (χ3v) is 3.83. The van der Waals surface area contributed by atoms with Gasteiger partial charge in [-0.25, -0.2) is 0 Å². The highest BCUT2D eigenvalue weighted by molar-refractivity contribution is 6.33. The molecule has 3 aromatic rings. The molecule has 1 amide bonds. The molecule has 3 rings (SSSR count). The fourth-order valence-electron chi connectivity index (χ4n) is 2.28. The lowest BCUT2D eigenvalue weighted by atomic mass is 10.2. The van der Waals surface area contributed by atoms with E-state index in [1.54, 1.807) is 43.6 Å². The van der Waals surface area contributed by atoms with Gasteiger partial charge in [0.25, 0.3) is 5.91 Å². The normalized spacial score (nSPS) is 10.2. The number of nitrogens with zero attached hydrogens (tertiary/aromatic N) is 1. The Morgan fingerprint density at radius 3 is 2.52 bits per heavy atom. The van der Waals surface area contributed by atoms with Crippen LogP contribution in [-0.2, 0) is 0 Å². The number of carbonyl (C=O) groups excluding carboxylic acids is 1. The first-order valence-corrected chi connectivity index (χ1v) is 7.97. The predicted octanol–water partition coefficient (Wildman–Crippen LogP) is 4.74. The number of ether oxygens (including phenoxy) is 1. The average Bonchev–Trinajstić information content (AvgIpc) is 2.64. The summed E-state index contributed by atoms with van der Waals surface area (Å²) in [5.41, 5.74) is 2.34. The van der Waals surface area contributed by atoms with Crippen molar-refractivity contribution in [2.45, 2.75) is 0 Å². The highest BCUT2D eigenvalue weighted by atomic mass is 35.5. The largest absolute Gasteiger partial charge is 0.495 e. The molecule has 2 N–H and O–H groups in total. The zero-order chi connectivity index (χ0) is 17.6. The Labute approximate surface area is 150 Å². The number of carbonyl (C=O) groups is 1. The van der Waals surface area contributed by atoms with Crippen LogP contribution in [0, 0.1) is 0 Å². The molecule has 0 aliphatic heterocycles. The van der Waals surface area contributed by atoms with Crippen molar-refractivity contribution in [3.05, 3.63) is 77.6 Å². The molecular weight excluding hydrogens is 338 g/mol. The van der Waals surface area contributed by atoms with E-state index >= 15 is 0 Å². The standard InChI is InChI=1S/C19H16ClN3O2/c1-25-18-9-5-4-8-16(18)23-19(24)17-12-13(10-11-21-17)22-15-7-3-2-6-14(15)20/h2-12H,1H3,(H,21,22)(H,23,24). The summed E-state index contributed by atoms with van der Waals surface area (Å²) in [7, 11) is 1.55. The van der Waals surface area contributed by atoms with E-state index in [9.17, 15) is 4.79 Å². The van der Waals surface area contributed by atoms with E-state index in [1.807, 2.05) is 30.3 Å². The second-order valence-electron chi connectivity index (χ2n) is 5.19. The molecule has 0 unspecified atom stereocenters. The van der Waals surface area contributed by atoms with Crippen LogP contribution in [0.25, 0.3) is 0 Å². The van der Waals surface area contributed by atoms with Gasteiger partial charge in [-0.05, 0) is 36.4 Å². The van der Waals surface area contributed by atoms with Gasteiger partial charge in [0.15, 0.2) is 0 Å². The molecule has 0 aliphatic carbocycles. The van der Waals surface area contributed by atoms with Crippen molar-refractivity contribution in [3.8, 4) is 5.75 Å². The van der Waals surface area contributed by atoms with E-state index in [0.717, 1.165) is 5.69 Å². The molecule has 1 aromatic heterocycles. The summed E-state index contributed by atoms with van der Waals surface area (Å²) in [5, 5.41) is 6.57. The number of halogens is 1. The number of benzene rings is 2. The number of pyridine rings is 1. The summed E-state index contributed by atoms with van der Waals surface area (Å²) in [6.45, 7) is 0. The van der Waals surface area contributed by atoms with Crippen LogP contribution in [0.15, 0.2) is 66.9 Å². The van der Waals surface area contributed by atoms with Gasteiger partial charge in [-0.2, -0.15) is 0 Å². The first-order chi connectivity index (χ1) is 12.2. The fourth-order valence-corrected chi connectivity index (χ4v) is 2.47. The third kappa shape index (κ3) is 4.08. The van der Waals surface area contributed by atoms with Gasteiger partial charge in [0.2, 0.25) is 0 Å². The molecule has 0 fully saturated rings. The molecule has 0 saturated carbocycles. The van der Waals surface area contributed by atoms with E-state index in [-0.39, 0.29) is 11.6 Å². The Balaban J connectivity index is 1.79. The van der Waals surface area contributed by atoms with Gasteiger partial charge >= 0.3 is 0 Å². The van der Waals surface area contributed by atoms with Crippen molar-refractivity contribution in [1.29, 1.82) is 0 Å². The quantitative estimate of drug-likeness (QED) is 0.695. The predicted molar refractivity (Wildman–Crippen MR) is 99.9 cm³/mol. The molecule has 2 aromatic carbocycles. The van der Waals surface area contributed by atoms with Crippen molar-refractivity contribution in [1.82, 2.24) is 4.98 Å². The first kappa shape index (κ1) is 16.8. The number of rotatable bonds is 5. The number of hydrogen-bond donors (Lipinski definition) is 2. The summed E-state index contributed by atoms with van der Waals surface area (Å²) in [6, 6.07) is 18.0. The Bertz CT molecular complexity index is 899. The zero-order valence-corrected chi connectivity index (χ0v) is 14.2. The van der Waals surface area contributed by atoms with E-state index in [2.05, 4.69) is 15.6 Å². The van der Waals surface area contributed by atoms with Gasteiger partial charge in [-0.3, -0.25) is 9.78 Å². The molecule has 1 heterocycles. The van der Waals surface area contributed by atoms with Crippen LogP contribution in [0.2, 0.25) is 5.02 Å². The lowest BCUT2D eigenvalue weighted by Crippen LogP contribution is -2.14. The molecule has 6 heteroatoms. The Hall–Kier alpha value is -3.05. The minimum absolute atomic E-state index is 0.281. The Morgan fingerprint density at radius 2 is 1.76 bits per heavy atom. The van der Waals surface area contributed by atoms with Crippen LogP contribution in [0.5, 0.6) is 5.75 Å². The number of aromatic nitrogens is 1. The molecule has 0 bridgehead atoms. The van der Waals surface area contributed by atoms with Crippen molar-refractivity contribution >= 4 is 34.6 Å². The molecule has 25 heavy (non-hydrogen) atoms. The monoisotopic (exact) mass is 353 g/mol. The van der Waals surface area contributed by atoms with Crippen LogP contribution < -0.4 is 15.4 Å². The Kier molecular flexibility index (Phi) is 5.16. The second kappa shape index (κ2) is 7.68. The van der Waals surface area contributed by atoms with E-state index in [1.165, 1.54) is 0 Å². The van der Waals surface area contributed by atoms with Crippen molar-refractivity contribution in [3.63, 3.8) is 0 Å². The van der Waals surface area contributed by atoms with Crippen LogP contribution in [0.3, 0.4) is 0 Å². The van der Waals surface area contributed by atoms with E-state index < -0.39 is 0 Å². The van der Waals surface area contributed by atoms with Crippen LogP contribution >= 0.6 is 11.6 Å². The fraction of sp³-hybridized carbons (Fsp3) is 0.0526. The minimum Gasteiger partial charge on any atom is -0.495 e.